The molecule has 0 unspecified atom stereocenters. The van der Waals surface area contributed by atoms with Crippen LogP contribution in [0.1, 0.15) is 42.2 Å². The first kappa shape index (κ1) is 12.2. The molecule has 1 aromatic carbocycles. The Kier molecular flexibility index (Phi) is 3.25. The van der Waals surface area contributed by atoms with Crippen molar-refractivity contribution in [3.05, 3.63) is 34.6 Å². The molecule has 0 fully saturated rings. The average Bonchev–Trinajstić information content (AvgIpc) is 2.59. The zero-order valence-electron chi connectivity index (χ0n) is 11.3. The van der Waals surface area contributed by atoms with Crippen LogP contribution < -0.4 is 5.32 Å². The van der Waals surface area contributed by atoms with Crippen molar-refractivity contribution in [2.75, 3.05) is 7.05 Å². The van der Waals surface area contributed by atoms with Gasteiger partial charge in [0.15, 0.2) is 0 Å². The molecule has 1 heterocycles. The number of fused-ring (bicyclic) bond motifs is 1. The summed E-state index contributed by atoms with van der Waals surface area (Å²) in [4.78, 5) is 0. The van der Waals surface area contributed by atoms with E-state index in [0.29, 0.717) is 5.92 Å². The molecule has 17 heavy (non-hydrogen) atoms. The second-order valence-electron chi connectivity index (χ2n) is 5.01. The lowest BCUT2D eigenvalue weighted by Gasteiger charge is -2.08. The SMILES string of the molecule is CNCc1oc2c(C)ccc(C(C)C)c2c1C. The van der Waals surface area contributed by atoms with Gasteiger partial charge in [0.1, 0.15) is 11.3 Å². The highest BCUT2D eigenvalue weighted by molar-refractivity contribution is 5.88. The Morgan fingerprint density at radius 1 is 1.24 bits per heavy atom. The third-order valence-corrected chi connectivity index (χ3v) is 3.36. The quantitative estimate of drug-likeness (QED) is 0.867. The number of benzene rings is 1. The monoisotopic (exact) mass is 231 g/mol. The average molecular weight is 231 g/mol. The van der Waals surface area contributed by atoms with Crippen LogP contribution in [0.3, 0.4) is 0 Å². The second kappa shape index (κ2) is 4.53. The molecule has 0 spiro atoms. The third kappa shape index (κ3) is 1.98. The summed E-state index contributed by atoms with van der Waals surface area (Å²) in [7, 11) is 1.95. The summed E-state index contributed by atoms with van der Waals surface area (Å²) in [5.74, 6) is 1.58. The fourth-order valence-corrected chi connectivity index (χ4v) is 2.37. The van der Waals surface area contributed by atoms with Crippen LogP contribution in [0.25, 0.3) is 11.0 Å². The number of hydrogen-bond donors (Lipinski definition) is 1. The summed E-state index contributed by atoms with van der Waals surface area (Å²) in [5, 5.41) is 4.47. The topological polar surface area (TPSA) is 25.2 Å². The minimum atomic E-state index is 0.525. The first-order chi connectivity index (χ1) is 8.06. The van der Waals surface area contributed by atoms with Crippen LogP contribution in [0.15, 0.2) is 16.5 Å². The van der Waals surface area contributed by atoms with E-state index in [4.69, 9.17) is 4.42 Å². The predicted molar refractivity (Wildman–Crippen MR) is 72.5 cm³/mol. The van der Waals surface area contributed by atoms with Crippen LogP contribution in [0, 0.1) is 13.8 Å². The molecule has 0 radical (unpaired) electrons. The van der Waals surface area contributed by atoms with Gasteiger partial charge in [-0.15, -0.1) is 0 Å². The fourth-order valence-electron chi connectivity index (χ4n) is 2.37. The highest BCUT2D eigenvalue weighted by Crippen LogP contribution is 2.34. The minimum Gasteiger partial charge on any atom is -0.459 e. The molecule has 0 bridgehead atoms. The first-order valence-corrected chi connectivity index (χ1v) is 6.22. The van der Waals surface area contributed by atoms with Crippen molar-refractivity contribution < 1.29 is 4.42 Å². The largest absolute Gasteiger partial charge is 0.459 e. The van der Waals surface area contributed by atoms with Gasteiger partial charge in [-0.1, -0.05) is 26.0 Å². The maximum absolute atomic E-state index is 6.00. The lowest BCUT2D eigenvalue weighted by Crippen LogP contribution is -2.04. The highest BCUT2D eigenvalue weighted by Gasteiger charge is 2.16. The Bertz CT molecular complexity index is 537. The first-order valence-electron chi connectivity index (χ1n) is 6.22. The summed E-state index contributed by atoms with van der Waals surface area (Å²) in [5.41, 5.74) is 4.93. The number of furan rings is 1. The van der Waals surface area contributed by atoms with Crippen molar-refractivity contribution in [1.29, 1.82) is 0 Å². The van der Waals surface area contributed by atoms with Crippen LogP contribution in [-0.4, -0.2) is 7.05 Å². The Balaban J connectivity index is 2.75. The molecular formula is C15H21NO. The molecule has 2 aromatic rings. The summed E-state index contributed by atoms with van der Waals surface area (Å²) in [6.07, 6.45) is 0. The van der Waals surface area contributed by atoms with E-state index < -0.39 is 0 Å². The maximum atomic E-state index is 6.00. The molecule has 2 nitrogen and oxygen atoms in total. The van der Waals surface area contributed by atoms with E-state index in [-0.39, 0.29) is 0 Å². The molecule has 0 saturated heterocycles. The van der Waals surface area contributed by atoms with Gasteiger partial charge in [-0.25, -0.2) is 0 Å². The van der Waals surface area contributed by atoms with E-state index in [1.165, 1.54) is 22.1 Å². The highest BCUT2D eigenvalue weighted by atomic mass is 16.3. The van der Waals surface area contributed by atoms with Gasteiger partial charge >= 0.3 is 0 Å². The minimum absolute atomic E-state index is 0.525. The number of nitrogens with one attached hydrogen (secondary N) is 1. The van der Waals surface area contributed by atoms with Crippen molar-refractivity contribution >= 4 is 11.0 Å². The van der Waals surface area contributed by atoms with Gasteiger partial charge in [-0.2, -0.15) is 0 Å². The third-order valence-electron chi connectivity index (χ3n) is 3.36. The van der Waals surface area contributed by atoms with Crippen LogP contribution >= 0.6 is 0 Å². The zero-order valence-corrected chi connectivity index (χ0v) is 11.3. The van der Waals surface area contributed by atoms with Gasteiger partial charge in [-0.3, -0.25) is 0 Å². The molecule has 0 atom stereocenters. The van der Waals surface area contributed by atoms with E-state index in [0.717, 1.165) is 17.9 Å². The van der Waals surface area contributed by atoms with Gasteiger partial charge < -0.3 is 9.73 Å². The van der Waals surface area contributed by atoms with Crippen LogP contribution in [0.2, 0.25) is 0 Å². The van der Waals surface area contributed by atoms with E-state index in [1.54, 1.807) is 0 Å². The van der Waals surface area contributed by atoms with Crippen molar-refractivity contribution in [3.63, 3.8) is 0 Å². The molecule has 0 aliphatic carbocycles. The van der Waals surface area contributed by atoms with Crippen molar-refractivity contribution in [3.8, 4) is 0 Å². The van der Waals surface area contributed by atoms with Gasteiger partial charge in [0, 0.05) is 5.39 Å². The smallest absolute Gasteiger partial charge is 0.137 e. The van der Waals surface area contributed by atoms with Gasteiger partial charge in [0.2, 0.25) is 0 Å². The van der Waals surface area contributed by atoms with Crippen molar-refractivity contribution in [2.24, 2.45) is 0 Å². The van der Waals surface area contributed by atoms with Crippen molar-refractivity contribution in [1.82, 2.24) is 5.32 Å². The van der Waals surface area contributed by atoms with E-state index in [1.807, 2.05) is 7.05 Å². The molecule has 0 amide bonds. The van der Waals surface area contributed by atoms with Crippen LogP contribution in [0.5, 0.6) is 0 Å². The molecule has 0 aliphatic heterocycles. The lowest BCUT2D eigenvalue weighted by atomic mass is 9.95. The predicted octanol–water partition coefficient (Wildman–Crippen LogP) is 3.89. The van der Waals surface area contributed by atoms with Gasteiger partial charge in [0.25, 0.3) is 0 Å². The summed E-state index contributed by atoms with van der Waals surface area (Å²) in [6, 6.07) is 4.39. The molecule has 1 N–H and O–H groups in total. The summed E-state index contributed by atoms with van der Waals surface area (Å²) in [6.45, 7) is 9.52. The molecule has 2 heteroatoms. The molecule has 92 valence electrons. The molecule has 0 saturated carbocycles. The lowest BCUT2D eigenvalue weighted by molar-refractivity contribution is 0.525. The fraction of sp³-hybridized carbons (Fsp3) is 0.467. The maximum Gasteiger partial charge on any atom is 0.137 e. The molecule has 1 aromatic heterocycles. The zero-order chi connectivity index (χ0) is 12.6. The molecular weight excluding hydrogens is 210 g/mol. The Morgan fingerprint density at radius 2 is 1.94 bits per heavy atom. The number of aryl methyl sites for hydroxylation is 2. The summed E-state index contributed by atoms with van der Waals surface area (Å²) < 4.78 is 6.00. The number of hydrogen-bond acceptors (Lipinski definition) is 2. The summed E-state index contributed by atoms with van der Waals surface area (Å²) >= 11 is 0. The van der Waals surface area contributed by atoms with Gasteiger partial charge in [0.05, 0.1) is 6.54 Å². The van der Waals surface area contributed by atoms with Gasteiger partial charge in [-0.05, 0) is 43.5 Å². The van der Waals surface area contributed by atoms with E-state index in [9.17, 15) is 0 Å². The van der Waals surface area contributed by atoms with Crippen LogP contribution in [-0.2, 0) is 6.54 Å². The van der Waals surface area contributed by atoms with Crippen LogP contribution in [0.4, 0.5) is 0 Å². The number of rotatable bonds is 3. The normalized spacial score (nSPS) is 11.6. The Morgan fingerprint density at radius 3 is 2.53 bits per heavy atom. The second-order valence-corrected chi connectivity index (χ2v) is 5.01. The van der Waals surface area contributed by atoms with E-state index >= 15 is 0 Å². The van der Waals surface area contributed by atoms with Crippen molar-refractivity contribution in [2.45, 2.75) is 40.2 Å². The Hall–Kier alpha value is -1.28. The van der Waals surface area contributed by atoms with E-state index in [2.05, 4.69) is 45.1 Å². The molecule has 2 rings (SSSR count). The Labute approximate surface area is 103 Å². The molecule has 0 aliphatic rings. The standard InChI is InChI=1S/C15H21NO/c1-9(2)12-7-6-10(3)15-14(12)11(4)13(17-15)8-16-5/h6-7,9,16H,8H2,1-5H3.